The normalized spacial score (nSPS) is 23.3. The smallest absolute Gasteiger partial charge is 0.246 e. The van der Waals surface area contributed by atoms with Crippen molar-refractivity contribution in [3.05, 3.63) is 0 Å². The molecule has 2 N–H and O–H groups in total. The van der Waals surface area contributed by atoms with E-state index in [0.29, 0.717) is 0 Å². The van der Waals surface area contributed by atoms with Gasteiger partial charge in [0.1, 0.15) is 6.61 Å². The fraction of sp³-hybridized carbons (Fsp3) is 0.929. The van der Waals surface area contributed by atoms with Gasteiger partial charge in [0, 0.05) is 45.8 Å². The van der Waals surface area contributed by atoms with Crippen LogP contribution in [0.3, 0.4) is 0 Å². The summed E-state index contributed by atoms with van der Waals surface area (Å²) in [6, 6.07) is 0. The third-order valence-corrected chi connectivity index (χ3v) is 4.12. The minimum absolute atomic E-state index is 0.00324. The number of amides is 1. The molecule has 0 aliphatic carbocycles. The third kappa shape index (κ3) is 5.01. The van der Waals surface area contributed by atoms with Gasteiger partial charge in [-0.15, -0.1) is 0 Å². The number of carbonyl (C=O) groups excluding carboxylic acids is 1. The fourth-order valence-corrected chi connectivity index (χ4v) is 2.47. The number of hydrogen-bond acceptors (Lipinski definition) is 5. The van der Waals surface area contributed by atoms with Gasteiger partial charge >= 0.3 is 0 Å². The first kappa shape index (κ1) is 15.7. The largest absolute Gasteiger partial charge is 0.363 e. The summed E-state index contributed by atoms with van der Waals surface area (Å²) in [7, 11) is 2.16. The molecular weight excluding hydrogens is 256 g/mol. The molecule has 0 saturated carbocycles. The summed E-state index contributed by atoms with van der Waals surface area (Å²) in [6.07, 6.45) is 1.01. The van der Waals surface area contributed by atoms with Crippen LogP contribution in [0.2, 0.25) is 0 Å². The summed E-state index contributed by atoms with van der Waals surface area (Å²) in [4.78, 5) is 16.5. The molecule has 0 spiro atoms. The molecule has 6 heteroatoms. The minimum Gasteiger partial charge on any atom is -0.363 e. The highest BCUT2D eigenvalue weighted by atomic mass is 16.5. The Bertz CT molecular complexity index is 312. The third-order valence-electron chi connectivity index (χ3n) is 4.12. The molecule has 0 aromatic carbocycles. The number of nitrogens with zero attached hydrogens (tertiary/aromatic N) is 2. The molecule has 6 nitrogen and oxygen atoms in total. The van der Waals surface area contributed by atoms with Gasteiger partial charge in [0.25, 0.3) is 0 Å². The Hall–Kier alpha value is -0.690. The van der Waals surface area contributed by atoms with Crippen LogP contribution in [0.4, 0.5) is 0 Å². The second-order valence-corrected chi connectivity index (χ2v) is 6.19. The number of hydrogen-bond donors (Lipinski definition) is 2. The van der Waals surface area contributed by atoms with Gasteiger partial charge in [-0.25, -0.2) is 0 Å². The average molecular weight is 284 g/mol. The summed E-state index contributed by atoms with van der Waals surface area (Å²) < 4.78 is 5.60. The Morgan fingerprint density at radius 3 is 2.60 bits per heavy atom. The van der Waals surface area contributed by atoms with Gasteiger partial charge in [0.2, 0.25) is 5.91 Å². The summed E-state index contributed by atoms with van der Waals surface area (Å²) in [5, 5.41) is 6.08. The molecule has 0 aromatic rings. The zero-order chi connectivity index (χ0) is 14.4. The number of piperazine rings is 1. The van der Waals surface area contributed by atoms with E-state index in [9.17, 15) is 4.79 Å². The van der Waals surface area contributed by atoms with E-state index < -0.39 is 0 Å². The highest BCUT2D eigenvalue weighted by Gasteiger charge is 2.32. The number of carbonyl (C=O) groups is 1. The lowest BCUT2D eigenvalue weighted by molar-refractivity contribution is -0.135. The zero-order valence-electron chi connectivity index (χ0n) is 12.8. The Morgan fingerprint density at radius 1 is 1.30 bits per heavy atom. The Labute approximate surface area is 121 Å². The summed E-state index contributed by atoms with van der Waals surface area (Å²) in [5.74, 6) is -0.00324. The lowest BCUT2D eigenvalue weighted by atomic mass is 10.0. The van der Waals surface area contributed by atoms with Crippen LogP contribution in [-0.4, -0.2) is 87.3 Å². The van der Waals surface area contributed by atoms with Crippen LogP contribution in [0.1, 0.15) is 13.3 Å². The van der Waals surface area contributed by atoms with E-state index in [4.69, 9.17) is 4.74 Å². The molecule has 116 valence electrons. The van der Waals surface area contributed by atoms with Gasteiger partial charge in [-0.1, -0.05) is 0 Å². The van der Waals surface area contributed by atoms with Crippen molar-refractivity contribution in [1.82, 2.24) is 20.4 Å². The first-order chi connectivity index (χ1) is 9.57. The van der Waals surface area contributed by atoms with Gasteiger partial charge in [-0.05, 0) is 26.9 Å². The Kier molecular flexibility index (Phi) is 5.77. The lowest BCUT2D eigenvalue weighted by Gasteiger charge is -2.38. The summed E-state index contributed by atoms with van der Waals surface area (Å²) >= 11 is 0. The standard InChI is InChI=1S/C14H28N4O2/c1-14(11-15-12-14)20-10-13(19)16-4-3-5-18-8-6-17(2)7-9-18/h15H,3-12H2,1-2H3,(H,16,19). The van der Waals surface area contributed by atoms with E-state index in [2.05, 4.69) is 27.5 Å². The molecule has 2 fully saturated rings. The molecule has 2 heterocycles. The summed E-state index contributed by atoms with van der Waals surface area (Å²) in [6.45, 7) is 10.3. The van der Waals surface area contributed by atoms with Crippen LogP contribution in [-0.2, 0) is 9.53 Å². The van der Waals surface area contributed by atoms with E-state index >= 15 is 0 Å². The lowest BCUT2D eigenvalue weighted by Crippen LogP contribution is -2.59. The average Bonchev–Trinajstić information content (AvgIpc) is 2.41. The van der Waals surface area contributed by atoms with Crippen molar-refractivity contribution < 1.29 is 9.53 Å². The fourth-order valence-electron chi connectivity index (χ4n) is 2.47. The Morgan fingerprint density at radius 2 is 2.00 bits per heavy atom. The van der Waals surface area contributed by atoms with Crippen molar-refractivity contribution in [3.8, 4) is 0 Å². The Balaban J connectivity index is 1.47. The van der Waals surface area contributed by atoms with Crippen LogP contribution in [0.25, 0.3) is 0 Å². The molecule has 0 unspecified atom stereocenters. The van der Waals surface area contributed by atoms with Gasteiger partial charge in [0.15, 0.2) is 0 Å². The van der Waals surface area contributed by atoms with Crippen LogP contribution >= 0.6 is 0 Å². The molecule has 0 atom stereocenters. The summed E-state index contributed by atoms with van der Waals surface area (Å²) in [5.41, 5.74) is -0.142. The highest BCUT2D eigenvalue weighted by Crippen LogP contribution is 2.14. The monoisotopic (exact) mass is 284 g/mol. The number of nitrogens with one attached hydrogen (secondary N) is 2. The van der Waals surface area contributed by atoms with E-state index in [-0.39, 0.29) is 18.1 Å². The number of ether oxygens (including phenoxy) is 1. The second-order valence-electron chi connectivity index (χ2n) is 6.19. The van der Waals surface area contributed by atoms with Gasteiger partial charge in [-0.3, -0.25) is 4.79 Å². The molecule has 0 aromatic heterocycles. The van der Waals surface area contributed by atoms with Gasteiger partial charge in [0.05, 0.1) is 5.60 Å². The van der Waals surface area contributed by atoms with Crippen molar-refractivity contribution in [2.75, 3.05) is 66.0 Å². The molecule has 2 rings (SSSR count). The van der Waals surface area contributed by atoms with Crippen molar-refractivity contribution in [2.24, 2.45) is 0 Å². The molecule has 2 aliphatic rings. The number of likely N-dealkylation sites (N-methyl/N-ethyl adjacent to an activating group) is 1. The molecule has 2 aliphatic heterocycles. The molecule has 0 bridgehead atoms. The SMILES string of the molecule is CN1CCN(CCCNC(=O)COC2(C)CNC2)CC1. The van der Waals surface area contributed by atoms with Crippen molar-refractivity contribution in [1.29, 1.82) is 0 Å². The van der Waals surface area contributed by atoms with E-state index in [1.54, 1.807) is 0 Å². The second kappa shape index (κ2) is 7.36. The quantitative estimate of drug-likeness (QED) is 0.595. The first-order valence-corrected chi connectivity index (χ1v) is 7.60. The van der Waals surface area contributed by atoms with Crippen LogP contribution < -0.4 is 10.6 Å². The van der Waals surface area contributed by atoms with Crippen LogP contribution in [0.15, 0.2) is 0 Å². The maximum absolute atomic E-state index is 11.6. The van der Waals surface area contributed by atoms with E-state index in [0.717, 1.165) is 58.8 Å². The molecule has 2 saturated heterocycles. The van der Waals surface area contributed by atoms with E-state index in [1.165, 1.54) is 0 Å². The van der Waals surface area contributed by atoms with Crippen LogP contribution in [0.5, 0.6) is 0 Å². The predicted octanol–water partition coefficient (Wildman–Crippen LogP) is -0.881. The van der Waals surface area contributed by atoms with E-state index in [1.807, 2.05) is 6.92 Å². The highest BCUT2D eigenvalue weighted by molar-refractivity contribution is 5.77. The number of rotatable bonds is 7. The van der Waals surface area contributed by atoms with Crippen LogP contribution in [0, 0.1) is 0 Å². The molecule has 20 heavy (non-hydrogen) atoms. The van der Waals surface area contributed by atoms with Crippen molar-refractivity contribution in [3.63, 3.8) is 0 Å². The topological polar surface area (TPSA) is 56.8 Å². The molecular formula is C14H28N4O2. The van der Waals surface area contributed by atoms with Gasteiger partial charge in [-0.2, -0.15) is 0 Å². The first-order valence-electron chi connectivity index (χ1n) is 7.60. The minimum atomic E-state index is -0.142. The maximum atomic E-state index is 11.6. The van der Waals surface area contributed by atoms with Crippen molar-refractivity contribution in [2.45, 2.75) is 18.9 Å². The van der Waals surface area contributed by atoms with Crippen molar-refractivity contribution >= 4 is 5.91 Å². The molecule has 0 radical (unpaired) electrons. The predicted molar refractivity (Wildman–Crippen MR) is 78.8 cm³/mol. The maximum Gasteiger partial charge on any atom is 0.246 e. The van der Waals surface area contributed by atoms with Gasteiger partial charge < -0.3 is 25.2 Å². The zero-order valence-corrected chi connectivity index (χ0v) is 12.8. The molecule has 1 amide bonds.